The molecule has 4 heteroatoms. The van der Waals surface area contributed by atoms with Gasteiger partial charge in [0.2, 0.25) is 0 Å². The van der Waals surface area contributed by atoms with Gasteiger partial charge in [0.1, 0.15) is 11.8 Å². The molecule has 0 unspecified atom stereocenters. The van der Waals surface area contributed by atoms with Crippen LogP contribution in [-0.2, 0) is 11.3 Å². The van der Waals surface area contributed by atoms with Crippen molar-refractivity contribution in [2.24, 2.45) is 0 Å². The molecule has 112 valence electrons. The third kappa shape index (κ3) is 3.86. The lowest BCUT2D eigenvalue weighted by molar-refractivity contribution is -0.137. The maximum Gasteiger partial charge on any atom is 0.263 e. The van der Waals surface area contributed by atoms with Crippen molar-refractivity contribution in [2.75, 3.05) is 7.05 Å². The number of carbonyl (C=O) groups excluding carboxylic acids is 1. The minimum absolute atomic E-state index is 0.128. The van der Waals surface area contributed by atoms with Crippen molar-refractivity contribution in [3.8, 4) is 11.8 Å². The van der Waals surface area contributed by atoms with Gasteiger partial charge in [-0.2, -0.15) is 5.26 Å². The molecule has 0 spiro atoms. The molecular formula is C18H18N2O2. The van der Waals surface area contributed by atoms with Gasteiger partial charge in [-0.05, 0) is 24.6 Å². The highest BCUT2D eigenvalue weighted by molar-refractivity contribution is 5.80. The van der Waals surface area contributed by atoms with E-state index >= 15 is 0 Å². The van der Waals surface area contributed by atoms with Gasteiger partial charge < -0.3 is 9.64 Å². The molecular weight excluding hydrogens is 276 g/mol. The van der Waals surface area contributed by atoms with Crippen molar-refractivity contribution < 1.29 is 9.53 Å². The minimum Gasteiger partial charge on any atom is -0.480 e. The van der Waals surface area contributed by atoms with Crippen LogP contribution in [0.15, 0.2) is 54.6 Å². The first-order valence-corrected chi connectivity index (χ1v) is 7.06. The number of rotatable bonds is 5. The number of benzene rings is 2. The Morgan fingerprint density at radius 3 is 2.50 bits per heavy atom. The summed E-state index contributed by atoms with van der Waals surface area (Å²) in [5, 5.41) is 9.05. The van der Waals surface area contributed by atoms with Crippen molar-refractivity contribution in [2.45, 2.75) is 19.6 Å². The highest BCUT2D eigenvalue weighted by atomic mass is 16.5. The number of nitriles is 1. The first kappa shape index (κ1) is 15.6. The third-order valence-electron chi connectivity index (χ3n) is 3.30. The van der Waals surface area contributed by atoms with Crippen LogP contribution in [0, 0.1) is 11.3 Å². The Bertz CT molecular complexity index is 677. The van der Waals surface area contributed by atoms with Gasteiger partial charge in [0.15, 0.2) is 6.10 Å². The molecule has 0 bridgehead atoms. The maximum absolute atomic E-state index is 12.4. The van der Waals surface area contributed by atoms with E-state index < -0.39 is 6.10 Å². The molecule has 0 saturated heterocycles. The number of carbonyl (C=O) groups is 1. The average molecular weight is 294 g/mol. The number of hydrogen-bond acceptors (Lipinski definition) is 3. The fourth-order valence-electron chi connectivity index (χ4n) is 2.15. The molecule has 0 N–H and O–H groups in total. The molecule has 0 aliphatic rings. The molecule has 1 atom stereocenters. The summed E-state index contributed by atoms with van der Waals surface area (Å²) in [4.78, 5) is 14.0. The molecule has 4 nitrogen and oxygen atoms in total. The fraction of sp³-hybridized carbons (Fsp3) is 0.222. The SMILES string of the molecule is C[C@@H](Oc1ccccc1C#N)C(=O)N(C)Cc1ccccc1. The van der Waals surface area contributed by atoms with Crippen LogP contribution in [0.25, 0.3) is 0 Å². The number of nitrogens with zero attached hydrogens (tertiary/aromatic N) is 2. The molecule has 0 aromatic heterocycles. The van der Waals surface area contributed by atoms with Crippen LogP contribution in [0.2, 0.25) is 0 Å². The number of likely N-dealkylation sites (N-methyl/N-ethyl adjacent to an activating group) is 1. The predicted octanol–water partition coefficient (Wildman–Crippen LogP) is 2.98. The molecule has 0 saturated carbocycles. The Labute approximate surface area is 130 Å². The van der Waals surface area contributed by atoms with Crippen LogP contribution >= 0.6 is 0 Å². The van der Waals surface area contributed by atoms with E-state index in [4.69, 9.17) is 10.00 Å². The van der Waals surface area contributed by atoms with Crippen LogP contribution in [0.1, 0.15) is 18.1 Å². The molecule has 1 amide bonds. The lowest BCUT2D eigenvalue weighted by Gasteiger charge is -2.22. The summed E-state index contributed by atoms with van der Waals surface area (Å²) in [7, 11) is 1.74. The number of amides is 1. The zero-order valence-corrected chi connectivity index (χ0v) is 12.7. The summed E-state index contributed by atoms with van der Waals surface area (Å²) in [5.41, 5.74) is 1.48. The Morgan fingerprint density at radius 1 is 1.18 bits per heavy atom. The minimum atomic E-state index is -0.650. The van der Waals surface area contributed by atoms with Crippen molar-refractivity contribution in [1.29, 1.82) is 5.26 Å². The lowest BCUT2D eigenvalue weighted by Crippen LogP contribution is -2.37. The van der Waals surface area contributed by atoms with E-state index in [1.165, 1.54) is 0 Å². The van der Waals surface area contributed by atoms with Gasteiger partial charge in [0, 0.05) is 13.6 Å². The standard InChI is InChI=1S/C18H18N2O2/c1-14(22-17-11-7-6-10-16(17)12-19)18(21)20(2)13-15-8-4-3-5-9-15/h3-11,14H,13H2,1-2H3/t14-/m1/s1. The second kappa shape index (κ2) is 7.28. The van der Waals surface area contributed by atoms with E-state index in [1.54, 1.807) is 43.1 Å². The average Bonchev–Trinajstić information content (AvgIpc) is 2.55. The first-order valence-electron chi connectivity index (χ1n) is 7.06. The number of hydrogen-bond donors (Lipinski definition) is 0. The van der Waals surface area contributed by atoms with E-state index in [2.05, 4.69) is 6.07 Å². The lowest BCUT2D eigenvalue weighted by atomic mass is 10.2. The predicted molar refractivity (Wildman–Crippen MR) is 84.2 cm³/mol. The molecule has 0 radical (unpaired) electrons. The zero-order valence-electron chi connectivity index (χ0n) is 12.7. The van der Waals surface area contributed by atoms with Gasteiger partial charge in [-0.3, -0.25) is 4.79 Å². The smallest absolute Gasteiger partial charge is 0.263 e. The van der Waals surface area contributed by atoms with Crippen LogP contribution in [-0.4, -0.2) is 24.0 Å². The van der Waals surface area contributed by atoms with Gasteiger partial charge in [-0.15, -0.1) is 0 Å². The summed E-state index contributed by atoms with van der Waals surface area (Å²) in [6.07, 6.45) is -0.650. The van der Waals surface area contributed by atoms with Crippen molar-refractivity contribution in [3.05, 3.63) is 65.7 Å². The quantitative estimate of drug-likeness (QED) is 0.852. The number of para-hydroxylation sites is 1. The summed E-state index contributed by atoms with van der Waals surface area (Å²) in [6.45, 7) is 2.21. The van der Waals surface area contributed by atoms with Gasteiger partial charge in [0.25, 0.3) is 5.91 Å². The Kier molecular flexibility index (Phi) is 5.16. The largest absolute Gasteiger partial charge is 0.480 e. The third-order valence-corrected chi connectivity index (χ3v) is 3.30. The second-order valence-electron chi connectivity index (χ2n) is 5.05. The summed E-state index contributed by atoms with van der Waals surface area (Å²) < 4.78 is 5.64. The molecule has 0 heterocycles. The van der Waals surface area contributed by atoms with Gasteiger partial charge in [-0.1, -0.05) is 42.5 Å². The molecule has 22 heavy (non-hydrogen) atoms. The van der Waals surface area contributed by atoms with Gasteiger partial charge in [0.05, 0.1) is 5.56 Å². The van der Waals surface area contributed by atoms with E-state index in [0.717, 1.165) is 5.56 Å². The van der Waals surface area contributed by atoms with E-state index in [9.17, 15) is 4.79 Å². The maximum atomic E-state index is 12.4. The molecule has 0 aliphatic carbocycles. The molecule has 0 aliphatic heterocycles. The Morgan fingerprint density at radius 2 is 1.82 bits per heavy atom. The highest BCUT2D eigenvalue weighted by Gasteiger charge is 2.20. The zero-order chi connectivity index (χ0) is 15.9. The Hall–Kier alpha value is -2.80. The van der Waals surface area contributed by atoms with Crippen LogP contribution in [0.4, 0.5) is 0 Å². The molecule has 2 aromatic rings. The monoisotopic (exact) mass is 294 g/mol. The first-order chi connectivity index (χ1) is 10.6. The van der Waals surface area contributed by atoms with E-state index in [-0.39, 0.29) is 5.91 Å². The molecule has 2 aromatic carbocycles. The van der Waals surface area contributed by atoms with E-state index in [0.29, 0.717) is 17.9 Å². The summed E-state index contributed by atoms with van der Waals surface area (Å²) in [5.74, 6) is 0.301. The number of ether oxygens (including phenoxy) is 1. The normalized spacial score (nSPS) is 11.3. The van der Waals surface area contributed by atoms with E-state index in [1.807, 2.05) is 30.3 Å². The van der Waals surface area contributed by atoms with Gasteiger partial charge in [-0.25, -0.2) is 0 Å². The van der Waals surface area contributed by atoms with Crippen LogP contribution < -0.4 is 4.74 Å². The van der Waals surface area contributed by atoms with Crippen LogP contribution in [0.5, 0.6) is 5.75 Å². The molecule has 0 fully saturated rings. The van der Waals surface area contributed by atoms with Crippen molar-refractivity contribution >= 4 is 5.91 Å². The topological polar surface area (TPSA) is 53.3 Å². The molecule has 2 rings (SSSR count). The highest BCUT2D eigenvalue weighted by Crippen LogP contribution is 2.18. The van der Waals surface area contributed by atoms with Crippen molar-refractivity contribution in [1.82, 2.24) is 4.90 Å². The van der Waals surface area contributed by atoms with Gasteiger partial charge >= 0.3 is 0 Å². The second-order valence-corrected chi connectivity index (χ2v) is 5.05. The van der Waals surface area contributed by atoms with Crippen molar-refractivity contribution in [3.63, 3.8) is 0 Å². The summed E-state index contributed by atoms with van der Waals surface area (Å²) in [6, 6.07) is 18.7. The summed E-state index contributed by atoms with van der Waals surface area (Å²) >= 11 is 0. The fourth-order valence-corrected chi connectivity index (χ4v) is 2.15. The Balaban J connectivity index is 2.01. The van der Waals surface area contributed by atoms with Crippen LogP contribution in [0.3, 0.4) is 0 Å².